The van der Waals surface area contributed by atoms with Gasteiger partial charge in [0.05, 0.1) is 22.0 Å². The van der Waals surface area contributed by atoms with Crippen molar-refractivity contribution in [2.75, 3.05) is 0 Å². The quantitative estimate of drug-likeness (QED) is 0.216. The number of hydrogen-bond acceptors (Lipinski definition) is 0. The Morgan fingerprint density at radius 3 is 2.16 bits per heavy atom. The molecule has 0 aliphatic heterocycles. The van der Waals surface area contributed by atoms with Crippen LogP contribution in [0.15, 0.2) is 103 Å². The summed E-state index contributed by atoms with van der Waals surface area (Å²) < 4.78 is 4.71. The lowest BCUT2D eigenvalue weighted by Gasteiger charge is -2.20. The first-order valence-corrected chi connectivity index (χ1v) is 13.6. The summed E-state index contributed by atoms with van der Waals surface area (Å²) in [4.78, 5) is 0. The molecular formula is C36H29N2+. The summed E-state index contributed by atoms with van der Waals surface area (Å²) in [6.45, 7) is 2.30. The predicted octanol–water partition coefficient (Wildman–Crippen LogP) is 8.38. The highest BCUT2D eigenvalue weighted by atomic mass is 15.0. The van der Waals surface area contributed by atoms with Gasteiger partial charge in [-0.05, 0) is 95.4 Å². The maximum atomic E-state index is 2.48. The number of aryl methyl sites for hydroxylation is 4. The molecule has 1 aliphatic rings. The molecule has 7 aromatic rings. The highest BCUT2D eigenvalue weighted by Gasteiger charge is 2.23. The first-order valence-electron chi connectivity index (χ1n) is 13.6. The van der Waals surface area contributed by atoms with Crippen LogP contribution in [0.2, 0.25) is 0 Å². The van der Waals surface area contributed by atoms with Crippen LogP contribution in [-0.4, -0.2) is 4.57 Å². The fourth-order valence-electron chi connectivity index (χ4n) is 6.95. The summed E-state index contributed by atoms with van der Waals surface area (Å²) in [7, 11) is 2.18. The first-order chi connectivity index (χ1) is 18.7. The lowest BCUT2D eigenvalue weighted by atomic mass is 9.84. The molecule has 2 heteroatoms. The van der Waals surface area contributed by atoms with Crippen molar-refractivity contribution < 1.29 is 4.57 Å². The molecule has 8 rings (SSSR count). The van der Waals surface area contributed by atoms with Crippen molar-refractivity contribution in [1.82, 2.24) is 4.57 Å². The third kappa shape index (κ3) is 2.98. The standard InChI is InChI=1S/C36H29N2/c1-23-28-14-8-10-24-9-7-11-26(35(24)28)22-32(23)36-29-18-17-27(21-25(29)19-20-37(36)2)38-33-15-5-3-12-30(33)31-13-4-6-16-34(31)38/h3-6,8,10,12-22H,7,9,11H2,1-2H3/q+1. The molecular weight excluding hydrogens is 460 g/mol. The second-order valence-corrected chi connectivity index (χ2v) is 10.8. The lowest BCUT2D eigenvalue weighted by Crippen LogP contribution is -2.31. The zero-order valence-corrected chi connectivity index (χ0v) is 21.8. The minimum atomic E-state index is 1.16. The molecule has 0 saturated carbocycles. The van der Waals surface area contributed by atoms with E-state index in [1.54, 1.807) is 0 Å². The summed E-state index contributed by atoms with van der Waals surface area (Å²) in [5.41, 5.74) is 10.7. The Labute approximate surface area is 222 Å². The minimum Gasteiger partial charge on any atom is -0.309 e. The number of hydrogen-bond donors (Lipinski definition) is 0. The molecule has 1 aliphatic carbocycles. The van der Waals surface area contributed by atoms with Gasteiger partial charge in [-0.1, -0.05) is 54.6 Å². The number of para-hydroxylation sites is 2. The van der Waals surface area contributed by atoms with Gasteiger partial charge in [-0.15, -0.1) is 0 Å². The van der Waals surface area contributed by atoms with E-state index in [-0.39, 0.29) is 0 Å². The van der Waals surface area contributed by atoms with Gasteiger partial charge in [0.15, 0.2) is 6.20 Å². The highest BCUT2D eigenvalue weighted by Crippen LogP contribution is 2.39. The van der Waals surface area contributed by atoms with E-state index in [9.17, 15) is 0 Å². The van der Waals surface area contributed by atoms with Crippen molar-refractivity contribution in [3.63, 3.8) is 0 Å². The van der Waals surface area contributed by atoms with Crippen molar-refractivity contribution >= 4 is 43.4 Å². The minimum absolute atomic E-state index is 1.16. The van der Waals surface area contributed by atoms with Crippen LogP contribution in [0, 0.1) is 6.92 Å². The number of benzene rings is 5. The molecule has 0 unspecified atom stereocenters. The summed E-state index contributed by atoms with van der Waals surface area (Å²) in [6, 6.07) is 36.1. The maximum absolute atomic E-state index is 2.48. The van der Waals surface area contributed by atoms with Crippen LogP contribution in [0.3, 0.4) is 0 Å². The van der Waals surface area contributed by atoms with Crippen LogP contribution in [0.25, 0.3) is 60.3 Å². The van der Waals surface area contributed by atoms with Gasteiger partial charge < -0.3 is 4.57 Å². The number of aromatic nitrogens is 2. The van der Waals surface area contributed by atoms with Crippen LogP contribution >= 0.6 is 0 Å². The average Bonchev–Trinajstić information content (AvgIpc) is 3.29. The van der Waals surface area contributed by atoms with E-state index in [2.05, 4.69) is 126 Å². The van der Waals surface area contributed by atoms with Gasteiger partial charge in [-0.3, -0.25) is 0 Å². The Balaban J connectivity index is 1.39. The van der Waals surface area contributed by atoms with Crippen LogP contribution < -0.4 is 4.57 Å². The van der Waals surface area contributed by atoms with E-state index in [4.69, 9.17) is 0 Å². The van der Waals surface area contributed by atoms with Gasteiger partial charge in [-0.2, -0.15) is 0 Å². The first kappa shape index (κ1) is 21.6. The third-order valence-electron chi connectivity index (χ3n) is 8.70. The van der Waals surface area contributed by atoms with Crippen LogP contribution in [0.1, 0.15) is 23.1 Å². The average molecular weight is 490 g/mol. The molecule has 5 aromatic carbocycles. The van der Waals surface area contributed by atoms with E-state index in [0.29, 0.717) is 0 Å². The zero-order valence-electron chi connectivity index (χ0n) is 21.8. The van der Waals surface area contributed by atoms with Crippen molar-refractivity contribution in [3.8, 4) is 16.9 Å². The smallest absolute Gasteiger partial charge is 0.220 e. The Morgan fingerprint density at radius 2 is 1.37 bits per heavy atom. The van der Waals surface area contributed by atoms with E-state index in [0.717, 1.165) is 6.42 Å². The Hall–Kier alpha value is -4.43. The largest absolute Gasteiger partial charge is 0.309 e. The molecule has 0 fully saturated rings. The van der Waals surface area contributed by atoms with Gasteiger partial charge in [0, 0.05) is 22.5 Å². The van der Waals surface area contributed by atoms with Gasteiger partial charge >= 0.3 is 0 Å². The predicted molar refractivity (Wildman–Crippen MR) is 159 cm³/mol. The molecule has 0 saturated heterocycles. The van der Waals surface area contributed by atoms with Crippen molar-refractivity contribution in [1.29, 1.82) is 0 Å². The van der Waals surface area contributed by atoms with Gasteiger partial charge in [0.25, 0.3) is 0 Å². The molecule has 0 atom stereocenters. The molecule has 182 valence electrons. The van der Waals surface area contributed by atoms with E-state index >= 15 is 0 Å². The number of fused-ring (bicyclic) bond motifs is 4. The second kappa shape index (κ2) is 8.03. The molecule has 0 amide bonds. The van der Waals surface area contributed by atoms with Gasteiger partial charge in [-0.25, -0.2) is 4.57 Å². The van der Waals surface area contributed by atoms with E-state index in [1.807, 2.05) is 0 Å². The van der Waals surface area contributed by atoms with Crippen LogP contribution in [0.4, 0.5) is 0 Å². The Bertz CT molecular complexity index is 2020. The second-order valence-electron chi connectivity index (χ2n) is 10.8. The molecule has 0 radical (unpaired) electrons. The number of nitrogens with zero attached hydrogens (tertiary/aromatic N) is 2. The number of rotatable bonds is 2. The molecule has 2 nitrogen and oxygen atoms in total. The molecule has 0 N–H and O–H groups in total. The van der Waals surface area contributed by atoms with Gasteiger partial charge in [0.1, 0.15) is 7.05 Å². The summed E-state index contributed by atoms with van der Waals surface area (Å²) in [5.74, 6) is 0. The van der Waals surface area contributed by atoms with Gasteiger partial charge in [0.2, 0.25) is 5.69 Å². The molecule has 38 heavy (non-hydrogen) atoms. The van der Waals surface area contributed by atoms with Crippen molar-refractivity contribution in [2.24, 2.45) is 7.05 Å². The monoisotopic (exact) mass is 489 g/mol. The highest BCUT2D eigenvalue weighted by molar-refractivity contribution is 6.09. The molecule has 2 aromatic heterocycles. The normalized spacial score (nSPS) is 13.2. The third-order valence-corrected chi connectivity index (χ3v) is 8.70. The number of pyridine rings is 1. The van der Waals surface area contributed by atoms with E-state index < -0.39 is 0 Å². The lowest BCUT2D eigenvalue weighted by molar-refractivity contribution is -0.659. The summed E-state index contributed by atoms with van der Waals surface area (Å²) in [6.07, 6.45) is 5.81. The molecule has 0 spiro atoms. The molecule has 2 heterocycles. The topological polar surface area (TPSA) is 8.81 Å². The summed E-state index contributed by atoms with van der Waals surface area (Å²) in [5, 5.41) is 8.05. The van der Waals surface area contributed by atoms with Crippen LogP contribution in [0.5, 0.6) is 0 Å². The zero-order chi connectivity index (χ0) is 25.4. The van der Waals surface area contributed by atoms with Crippen molar-refractivity contribution in [2.45, 2.75) is 26.2 Å². The Morgan fingerprint density at radius 1 is 0.658 bits per heavy atom. The summed E-state index contributed by atoms with van der Waals surface area (Å²) >= 11 is 0. The molecule has 0 bridgehead atoms. The SMILES string of the molecule is Cc1c(-c2c3ccc(-n4c5ccccc5c5ccccc54)cc3cc[n+]2C)cc2c3c(cccc13)CCC2. The van der Waals surface area contributed by atoms with E-state index in [1.165, 1.54) is 89.8 Å². The Kier molecular flexibility index (Phi) is 4.57. The maximum Gasteiger partial charge on any atom is 0.220 e. The van der Waals surface area contributed by atoms with Crippen LogP contribution in [-0.2, 0) is 19.9 Å². The van der Waals surface area contributed by atoms with Crippen molar-refractivity contribution in [3.05, 3.63) is 120 Å². The fraction of sp³-hybridized carbons (Fsp3) is 0.139. The fourth-order valence-corrected chi connectivity index (χ4v) is 6.95.